The first-order valence-corrected chi connectivity index (χ1v) is 8.28. The van der Waals surface area contributed by atoms with E-state index in [1.165, 1.54) is 23.0 Å². The number of amides is 2. The molecule has 2 aliphatic rings. The number of allylic oxidation sites excluding steroid dienone is 1. The van der Waals surface area contributed by atoms with Gasteiger partial charge in [0.1, 0.15) is 0 Å². The third-order valence-electron chi connectivity index (χ3n) is 4.88. The van der Waals surface area contributed by atoms with E-state index < -0.39 is 0 Å². The van der Waals surface area contributed by atoms with E-state index in [4.69, 9.17) is 0 Å². The van der Waals surface area contributed by atoms with Gasteiger partial charge in [-0.1, -0.05) is 11.6 Å². The number of urea groups is 1. The summed E-state index contributed by atoms with van der Waals surface area (Å²) >= 11 is 0. The van der Waals surface area contributed by atoms with Crippen LogP contribution in [-0.4, -0.2) is 38.8 Å². The van der Waals surface area contributed by atoms with Crippen LogP contribution < -0.4 is 11.0 Å². The largest absolute Gasteiger partial charge is 0.343 e. The number of H-pyrrole nitrogens is 1. The number of nitrogens with one attached hydrogen (secondary N) is 2. The summed E-state index contributed by atoms with van der Waals surface area (Å²) in [5.74, 6) is 1.72. The Labute approximate surface area is 135 Å². The van der Waals surface area contributed by atoms with Crippen LogP contribution in [0.4, 0.5) is 4.79 Å². The third-order valence-corrected chi connectivity index (χ3v) is 4.88. The highest BCUT2D eigenvalue weighted by Crippen LogP contribution is 2.49. The van der Waals surface area contributed by atoms with E-state index in [0.717, 1.165) is 6.42 Å². The molecule has 1 saturated heterocycles. The molecule has 2 atom stereocenters. The van der Waals surface area contributed by atoms with Crippen molar-refractivity contribution in [3.05, 3.63) is 28.0 Å². The van der Waals surface area contributed by atoms with Crippen LogP contribution in [-0.2, 0) is 7.05 Å². The Morgan fingerprint density at radius 3 is 2.70 bits per heavy atom. The number of aromatic nitrogens is 3. The van der Waals surface area contributed by atoms with Crippen LogP contribution in [0.1, 0.15) is 45.0 Å². The SMILES string of the molecule is CC(C)=CCNC(=O)N1CCC(C2CC2)C1c1n[nH]c(=O)n1C. The average Bonchev–Trinajstić information content (AvgIpc) is 3.17. The number of carbonyl (C=O) groups is 1. The smallest absolute Gasteiger partial charge is 0.334 e. The van der Waals surface area contributed by atoms with Gasteiger partial charge in [-0.3, -0.25) is 4.57 Å². The summed E-state index contributed by atoms with van der Waals surface area (Å²) < 4.78 is 1.53. The van der Waals surface area contributed by atoms with Crippen molar-refractivity contribution in [3.63, 3.8) is 0 Å². The average molecular weight is 319 g/mol. The van der Waals surface area contributed by atoms with E-state index in [0.29, 0.717) is 30.7 Å². The van der Waals surface area contributed by atoms with Gasteiger partial charge in [-0.25, -0.2) is 14.7 Å². The van der Waals surface area contributed by atoms with E-state index in [9.17, 15) is 9.59 Å². The molecule has 2 unspecified atom stereocenters. The molecule has 7 nitrogen and oxygen atoms in total. The van der Waals surface area contributed by atoms with Gasteiger partial charge in [0.25, 0.3) is 0 Å². The maximum Gasteiger partial charge on any atom is 0.343 e. The molecular formula is C16H25N5O2. The van der Waals surface area contributed by atoms with Crippen molar-refractivity contribution in [2.24, 2.45) is 18.9 Å². The molecule has 1 saturated carbocycles. The summed E-state index contributed by atoms with van der Waals surface area (Å²) in [6, 6.07) is -0.191. The summed E-state index contributed by atoms with van der Waals surface area (Å²) in [5.41, 5.74) is 0.945. The van der Waals surface area contributed by atoms with Gasteiger partial charge in [0, 0.05) is 20.1 Å². The molecule has 0 radical (unpaired) electrons. The van der Waals surface area contributed by atoms with Gasteiger partial charge in [-0.15, -0.1) is 0 Å². The zero-order chi connectivity index (χ0) is 16.6. The Hall–Kier alpha value is -2.05. The minimum absolute atomic E-state index is 0.0777. The lowest BCUT2D eigenvalue weighted by atomic mass is 9.94. The monoisotopic (exact) mass is 319 g/mol. The molecule has 0 aromatic carbocycles. The molecule has 1 aliphatic carbocycles. The van der Waals surface area contributed by atoms with Gasteiger partial charge >= 0.3 is 11.7 Å². The third kappa shape index (κ3) is 3.18. The molecule has 2 heterocycles. The fraction of sp³-hybridized carbons (Fsp3) is 0.688. The number of carbonyl (C=O) groups excluding carboxylic acids is 1. The first-order valence-electron chi connectivity index (χ1n) is 8.28. The second-order valence-corrected chi connectivity index (χ2v) is 6.84. The summed E-state index contributed by atoms with van der Waals surface area (Å²) in [6.07, 6.45) is 5.40. The highest BCUT2D eigenvalue weighted by molar-refractivity contribution is 5.75. The summed E-state index contributed by atoms with van der Waals surface area (Å²) in [5, 5.41) is 9.64. The Balaban J connectivity index is 1.81. The van der Waals surface area contributed by atoms with Crippen molar-refractivity contribution in [2.75, 3.05) is 13.1 Å². The maximum absolute atomic E-state index is 12.6. The minimum atomic E-state index is -0.230. The number of nitrogens with zero attached hydrogens (tertiary/aromatic N) is 3. The number of likely N-dealkylation sites (tertiary alicyclic amines) is 1. The molecule has 2 N–H and O–H groups in total. The fourth-order valence-corrected chi connectivity index (χ4v) is 3.46. The molecule has 126 valence electrons. The zero-order valence-corrected chi connectivity index (χ0v) is 14.0. The minimum Gasteiger partial charge on any atom is -0.334 e. The Kier molecular flexibility index (Phi) is 4.28. The molecular weight excluding hydrogens is 294 g/mol. The van der Waals surface area contributed by atoms with E-state index in [1.807, 2.05) is 24.8 Å². The predicted octanol–water partition coefficient (Wildman–Crippen LogP) is 1.56. The van der Waals surface area contributed by atoms with E-state index in [1.54, 1.807) is 7.05 Å². The molecule has 7 heteroatoms. The molecule has 2 amide bonds. The second kappa shape index (κ2) is 6.22. The second-order valence-electron chi connectivity index (χ2n) is 6.84. The highest BCUT2D eigenvalue weighted by Gasteiger charge is 2.47. The van der Waals surface area contributed by atoms with Gasteiger partial charge < -0.3 is 10.2 Å². The standard InChI is InChI=1S/C16H25N5O2/c1-10(2)6-8-17-15(22)21-9-7-12(11-4-5-11)13(21)14-18-19-16(23)20(14)3/h6,11-13H,4-5,7-9H2,1-3H3,(H,17,22)(H,19,23). The van der Waals surface area contributed by atoms with Gasteiger partial charge in [0.15, 0.2) is 5.82 Å². The van der Waals surface area contributed by atoms with Gasteiger partial charge in [0.2, 0.25) is 0 Å². The molecule has 1 aliphatic heterocycles. The first kappa shape index (κ1) is 15.8. The summed E-state index contributed by atoms with van der Waals surface area (Å²) in [4.78, 5) is 26.2. The molecule has 3 rings (SSSR count). The topological polar surface area (TPSA) is 83.0 Å². The van der Waals surface area contributed by atoms with Crippen molar-refractivity contribution < 1.29 is 4.79 Å². The molecule has 23 heavy (non-hydrogen) atoms. The van der Waals surface area contributed by atoms with E-state index in [2.05, 4.69) is 15.5 Å². The van der Waals surface area contributed by atoms with E-state index >= 15 is 0 Å². The van der Waals surface area contributed by atoms with Crippen LogP contribution in [0.3, 0.4) is 0 Å². The van der Waals surface area contributed by atoms with Crippen molar-refractivity contribution in [3.8, 4) is 0 Å². The van der Waals surface area contributed by atoms with Crippen molar-refractivity contribution in [1.29, 1.82) is 0 Å². The van der Waals surface area contributed by atoms with Gasteiger partial charge in [-0.2, -0.15) is 5.10 Å². The molecule has 1 aromatic rings. The molecule has 1 aromatic heterocycles. The van der Waals surface area contributed by atoms with Gasteiger partial charge in [-0.05, 0) is 44.9 Å². The Morgan fingerprint density at radius 2 is 2.13 bits per heavy atom. The lowest BCUT2D eigenvalue weighted by molar-refractivity contribution is 0.179. The Bertz CT molecular complexity index is 666. The molecule has 0 bridgehead atoms. The van der Waals surface area contributed by atoms with Crippen LogP contribution in [0.25, 0.3) is 0 Å². The lowest BCUT2D eigenvalue weighted by Gasteiger charge is -2.27. The quantitative estimate of drug-likeness (QED) is 0.826. The highest BCUT2D eigenvalue weighted by atomic mass is 16.2. The zero-order valence-electron chi connectivity index (χ0n) is 14.0. The number of hydrogen-bond donors (Lipinski definition) is 2. The van der Waals surface area contributed by atoms with Crippen molar-refractivity contribution >= 4 is 6.03 Å². The maximum atomic E-state index is 12.6. The summed E-state index contributed by atoms with van der Waals surface area (Å²) in [6.45, 7) is 5.26. The number of hydrogen-bond acceptors (Lipinski definition) is 3. The Morgan fingerprint density at radius 1 is 1.39 bits per heavy atom. The first-order chi connectivity index (χ1) is 11.0. The molecule has 2 fully saturated rings. The van der Waals surface area contributed by atoms with Crippen LogP contribution >= 0.6 is 0 Å². The fourth-order valence-electron chi connectivity index (χ4n) is 3.46. The van der Waals surface area contributed by atoms with Crippen molar-refractivity contribution in [1.82, 2.24) is 25.0 Å². The van der Waals surface area contributed by atoms with Crippen LogP contribution in [0.15, 0.2) is 16.4 Å². The lowest BCUT2D eigenvalue weighted by Crippen LogP contribution is -2.41. The van der Waals surface area contributed by atoms with Gasteiger partial charge in [0.05, 0.1) is 6.04 Å². The van der Waals surface area contributed by atoms with Crippen LogP contribution in [0.5, 0.6) is 0 Å². The predicted molar refractivity (Wildman–Crippen MR) is 86.9 cm³/mol. The summed E-state index contributed by atoms with van der Waals surface area (Å²) in [7, 11) is 1.71. The van der Waals surface area contributed by atoms with Crippen LogP contribution in [0.2, 0.25) is 0 Å². The number of rotatable bonds is 4. The van der Waals surface area contributed by atoms with Crippen molar-refractivity contribution in [2.45, 2.75) is 39.2 Å². The van der Waals surface area contributed by atoms with Crippen LogP contribution in [0, 0.1) is 11.8 Å². The normalized spacial score (nSPS) is 23.9. The van der Waals surface area contributed by atoms with E-state index in [-0.39, 0.29) is 17.8 Å². The number of aromatic amines is 1. The molecule has 0 spiro atoms.